The highest BCUT2D eigenvalue weighted by Gasteiger charge is 2.11. The standard InChI is InChI=1S/C24H17NO6/c1-3-22(26)29-19-10-5-16(6-11-19)18-9-14-21(25-15-18)31-24(28)17-7-12-20(13-8-17)30-23(27)4-2/h3-15H,1-2H2. The van der Waals surface area contributed by atoms with E-state index in [1.54, 1.807) is 42.6 Å². The van der Waals surface area contributed by atoms with Crippen LogP contribution in [0.15, 0.2) is 92.2 Å². The van der Waals surface area contributed by atoms with Gasteiger partial charge in [-0.1, -0.05) is 25.3 Å². The SMILES string of the molecule is C=CC(=O)Oc1ccc(C(=O)Oc2ccc(-c3ccc(OC(=O)C=C)cc3)cn2)cc1. The zero-order chi connectivity index (χ0) is 22.2. The first-order chi connectivity index (χ1) is 15.0. The highest BCUT2D eigenvalue weighted by atomic mass is 16.5. The monoisotopic (exact) mass is 415 g/mol. The number of carbonyl (C=O) groups excluding carboxylic acids is 3. The van der Waals surface area contributed by atoms with Crippen molar-refractivity contribution in [3.63, 3.8) is 0 Å². The molecular weight excluding hydrogens is 398 g/mol. The second kappa shape index (κ2) is 9.80. The van der Waals surface area contributed by atoms with E-state index in [1.807, 2.05) is 0 Å². The normalized spacial score (nSPS) is 9.94. The molecule has 3 aromatic rings. The molecule has 0 unspecified atom stereocenters. The van der Waals surface area contributed by atoms with Crippen molar-refractivity contribution in [1.82, 2.24) is 4.98 Å². The van der Waals surface area contributed by atoms with E-state index in [9.17, 15) is 14.4 Å². The molecule has 0 saturated heterocycles. The Balaban J connectivity index is 1.63. The van der Waals surface area contributed by atoms with Gasteiger partial charge in [0.1, 0.15) is 11.5 Å². The number of pyridine rings is 1. The number of carbonyl (C=O) groups is 3. The van der Waals surface area contributed by atoms with Crippen LogP contribution in [-0.2, 0) is 9.59 Å². The Hall–Kier alpha value is -4.52. The zero-order valence-corrected chi connectivity index (χ0v) is 16.3. The Bertz CT molecular complexity index is 1120. The van der Waals surface area contributed by atoms with E-state index >= 15 is 0 Å². The van der Waals surface area contributed by atoms with Gasteiger partial charge in [-0.25, -0.2) is 19.4 Å². The van der Waals surface area contributed by atoms with Crippen LogP contribution < -0.4 is 14.2 Å². The van der Waals surface area contributed by atoms with E-state index in [2.05, 4.69) is 18.1 Å². The first kappa shape index (κ1) is 21.2. The molecule has 3 rings (SSSR count). The Labute approximate surface area is 178 Å². The van der Waals surface area contributed by atoms with Crippen LogP contribution in [0.3, 0.4) is 0 Å². The van der Waals surface area contributed by atoms with Crippen LogP contribution >= 0.6 is 0 Å². The second-order valence-electron chi connectivity index (χ2n) is 6.07. The summed E-state index contributed by atoms with van der Waals surface area (Å²) in [5, 5.41) is 0. The fourth-order valence-corrected chi connectivity index (χ4v) is 2.46. The van der Waals surface area contributed by atoms with Crippen LogP contribution in [0.1, 0.15) is 10.4 Å². The lowest BCUT2D eigenvalue weighted by Gasteiger charge is -2.07. The first-order valence-corrected chi connectivity index (χ1v) is 9.05. The van der Waals surface area contributed by atoms with Crippen molar-refractivity contribution in [2.45, 2.75) is 0 Å². The Morgan fingerprint density at radius 2 is 1.19 bits per heavy atom. The van der Waals surface area contributed by atoms with E-state index in [4.69, 9.17) is 14.2 Å². The maximum Gasteiger partial charge on any atom is 0.344 e. The summed E-state index contributed by atoms with van der Waals surface area (Å²) in [4.78, 5) is 38.8. The first-order valence-electron chi connectivity index (χ1n) is 9.05. The zero-order valence-electron chi connectivity index (χ0n) is 16.3. The van der Waals surface area contributed by atoms with Crippen molar-refractivity contribution < 1.29 is 28.6 Å². The van der Waals surface area contributed by atoms with Crippen LogP contribution in [0, 0.1) is 0 Å². The fraction of sp³-hybridized carbons (Fsp3) is 0. The summed E-state index contributed by atoms with van der Waals surface area (Å²) in [6.45, 7) is 6.66. The lowest BCUT2D eigenvalue weighted by molar-refractivity contribution is -0.129. The molecule has 0 saturated carbocycles. The highest BCUT2D eigenvalue weighted by molar-refractivity contribution is 5.91. The lowest BCUT2D eigenvalue weighted by Crippen LogP contribution is -2.09. The average molecular weight is 415 g/mol. The molecule has 0 aliphatic carbocycles. The third kappa shape index (κ3) is 5.74. The molecule has 7 heteroatoms. The number of nitrogens with zero attached hydrogens (tertiary/aromatic N) is 1. The summed E-state index contributed by atoms with van der Waals surface area (Å²) in [7, 11) is 0. The Kier molecular flexibility index (Phi) is 6.70. The third-order valence-corrected chi connectivity index (χ3v) is 3.98. The van der Waals surface area contributed by atoms with Gasteiger partial charge in [0, 0.05) is 30.0 Å². The number of esters is 3. The van der Waals surface area contributed by atoms with Crippen molar-refractivity contribution in [1.29, 1.82) is 0 Å². The molecule has 0 amide bonds. The second-order valence-corrected chi connectivity index (χ2v) is 6.07. The molecule has 154 valence electrons. The molecule has 0 aliphatic heterocycles. The van der Waals surface area contributed by atoms with E-state index in [0.717, 1.165) is 23.3 Å². The molecule has 7 nitrogen and oxygen atoms in total. The van der Waals surface area contributed by atoms with Gasteiger partial charge >= 0.3 is 17.9 Å². The van der Waals surface area contributed by atoms with Gasteiger partial charge in [0.15, 0.2) is 0 Å². The number of aromatic nitrogens is 1. The topological polar surface area (TPSA) is 91.8 Å². The van der Waals surface area contributed by atoms with Crippen LogP contribution in [0.2, 0.25) is 0 Å². The molecular formula is C24H17NO6. The smallest absolute Gasteiger partial charge is 0.344 e. The summed E-state index contributed by atoms with van der Waals surface area (Å²) in [5.74, 6) is -0.908. The van der Waals surface area contributed by atoms with Gasteiger partial charge in [-0.3, -0.25) is 0 Å². The van der Waals surface area contributed by atoms with Crippen molar-refractivity contribution in [3.8, 4) is 28.5 Å². The molecule has 1 aromatic heterocycles. The van der Waals surface area contributed by atoms with Crippen molar-refractivity contribution in [2.24, 2.45) is 0 Å². The molecule has 1 heterocycles. The molecule has 0 spiro atoms. The van der Waals surface area contributed by atoms with Crippen molar-refractivity contribution in [3.05, 3.63) is 97.7 Å². The van der Waals surface area contributed by atoms with Gasteiger partial charge in [-0.05, 0) is 48.0 Å². The minimum absolute atomic E-state index is 0.132. The molecule has 0 fully saturated rings. The number of hydrogen-bond acceptors (Lipinski definition) is 7. The van der Waals surface area contributed by atoms with E-state index in [0.29, 0.717) is 5.75 Å². The highest BCUT2D eigenvalue weighted by Crippen LogP contribution is 2.23. The Morgan fingerprint density at radius 3 is 1.68 bits per heavy atom. The van der Waals surface area contributed by atoms with Crippen LogP contribution in [-0.4, -0.2) is 22.9 Å². The third-order valence-electron chi connectivity index (χ3n) is 3.98. The molecule has 0 radical (unpaired) electrons. The minimum Gasteiger partial charge on any atom is -0.423 e. The van der Waals surface area contributed by atoms with Gasteiger partial charge in [-0.15, -0.1) is 0 Å². The Morgan fingerprint density at radius 1 is 0.677 bits per heavy atom. The molecule has 0 bridgehead atoms. The van der Waals surface area contributed by atoms with Gasteiger partial charge in [0.25, 0.3) is 0 Å². The molecule has 0 aliphatic rings. The predicted molar refractivity (Wildman–Crippen MR) is 113 cm³/mol. The number of hydrogen-bond donors (Lipinski definition) is 0. The maximum atomic E-state index is 12.3. The number of benzene rings is 2. The van der Waals surface area contributed by atoms with Crippen LogP contribution in [0.4, 0.5) is 0 Å². The van der Waals surface area contributed by atoms with Gasteiger partial charge in [-0.2, -0.15) is 0 Å². The number of ether oxygens (including phenoxy) is 3. The van der Waals surface area contributed by atoms with Crippen molar-refractivity contribution >= 4 is 17.9 Å². The van der Waals surface area contributed by atoms with Crippen molar-refractivity contribution in [2.75, 3.05) is 0 Å². The number of rotatable bonds is 7. The largest absolute Gasteiger partial charge is 0.423 e. The summed E-state index contributed by atoms with van der Waals surface area (Å²) in [5.41, 5.74) is 1.90. The molecule has 2 aromatic carbocycles. The predicted octanol–water partition coefficient (Wildman–Crippen LogP) is 4.15. The molecule has 0 N–H and O–H groups in total. The summed E-state index contributed by atoms with van der Waals surface area (Å²) >= 11 is 0. The van der Waals surface area contributed by atoms with E-state index in [1.165, 1.54) is 24.3 Å². The molecule has 0 atom stereocenters. The molecule has 31 heavy (non-hydrogen) atoms. The minimum atomic E-state index is -0.602. The van der Waals surface area contributed by atoms with E-state index in [-0.39, 0.29) is 17.2 Å². The van der Waals surface area contributed by atoms with Gasteiger partial charge in [0.05, 0.1) is 5.56 Å². The van der Waals surface area contributed by atoms with Gasteiger partial charge in [0.2, 0.25) is 5.88 Å². The fourth-order valence-electron chi connectivity index (χ4n) is 2.46. The van der Waals surface area contributed by atoms with Crippen LogP contribution in [0.5, 0.6) is 17.4 Å². The van der Waals surface area contributed by atoms with Gasteiger partial charge < -0.3 is 14.2 Å². The van der Waals surface area contributed by atoms with Crippen LogP contribution in [0.25, 0.3) is 11.1 Å². The summed E-state index contributed by atoms with van der Waals surface area (Å²) in [6, 6.07) is 16.1. The average Bonchev–Trinajstić information content (AvgIpc) is 2.80. The van der Waals surface area contributed by atoms with E-state index < -0.39 is 17.9 Å². The lowest BCUT2D eigenvalue weighted by atomic mass is 10.1. The summed E-state index contributed by atoms with van der Waals surface area (Å²) < 4.78 is 15.3. The summed E-state index contributed by atoms with van der Waals surface area (Å²) in [6.07, 6.45) is 3.69. The quantitative estimate of drug-likeness (QED) is 0.325. The maximum absolute atomic E-state index is 12.3.